The van der Waals surface area contributed by atoms with Crippen molar-refractivity contribution in [3.63, 3.8) is 0 Å². The van der Waals surface area contributed by atoms with Crippen LogP contribution >= 0.6 is 0 Å². The lowest BCUT2D eigenvalue weighted by molar-refractivity contribution is -0.131. The van der Waals surface area contributed by atoms with Gasteiger partial charge in [-0.05, 0) is 24.6 Å². The van der Waals surface area contributed by atoms with Gasteiger partial charge in [-0.15, -0.1) is 0 Å². The molecule has 18 heavy (non-hydrogen) atoms. The first-order valence-corrected chi connectivity index (χ1v) is 5.69. The lowest BCUT2D eigenvalue weighted by Crippen LogP contribution is -2.34. The van der Waals surface area contributed by atoms with Gasteiger partial charge in [0.05, 0.1) is 17.9 Å². The van der Waals surface area contributed by atoms with Crippen LogP contribution in [0.2, 0.25) is 0 Å². The lowest BCUT2D eigenvalue weighted by Gasteiger charge is -2.15. The van der Waals surface area contributed by atoms with E-state index in [1.54, 1.807) is 0 Å². The number of nitrogen functional groups attached to an aromatic ring is 1. The minimum atomic E-state index is -0.475. The van der Waals surface area contributed by atoms with Crippen molar-refractivity contribution in [2.75, 3.05) is 24.1 Å². The number of rotatable bonds is 3. The Labute approximate surface area is 104 Å². The fourth-order valence-corrected chi connectivity index (χ4v) is 1.87. The molecule has 0 unspecified atom stereocenters. The number of amides is 2. The van der Waals surface area contributed by atoms with Crippen LogP contribution in [0.5, 0.6) is 0 Å². The van der Waals surface area contributed by atoms with Crippen LogP contribution in [0.1, 0.15) is 12.8 Å². The molecule has 5 nitrogen and oxygen atoms in total. The highest BCUT2D eigenvalue weighted by Gasteiger charge is 2.22. The Hall–Kier alpha value is -2.11. The van der Waals surface area contributed by atoms with Crippen molar-refractivity contribution in [3.05, 3.63) is 24.0 Å². The third-order valence-electron chi connectivity index (χ3n) is 2.80. The number of benzene rings is 1. The molecule has 2 amide bonds. The predicted octanol–water partition coefficient (Wildman–Crippen LogP) is 0.969. The zero-order valence-electron chi connectivity index (χ0n) is 9.78. The van der Waals surface area contributed by atoms with Crippen LogP contribution in [0, 0.1) is 5.82 Å². The molecule has 96 valence electrons. The highest BCUT2D eigenvalue weighted by Crippen LogP contribution is 2.19. The number of hydrogen-bond donors (Lipinski definition) is 2. The van der Waals surface area contributed by atoms with Crippen LogP contribution in [0.25, 0.3) is 0 Å². The standard InChI is InChI=1S/C12H14FN3O2/c13-8-3-4-9(14)10(6-8)15-11(17)7-16-5-1-2-12(16)18/h3-4,6H,1-2,5,7,14H2,(H,15,17). The van der Waals surface area contributed by atoms with Crippen LogP contribution in [0.3, 0.4) is 0 Å². The molecule has 0 saturated carbocycles. The summed E-state index contributed by atoms with van der Waals surface area (Å²) in [5, 5.41) is 2.50. The van der Waals surface area contributed by atoms with Crippen molar-refractivity contribution in [2.45, 2.75) is 12.8 Å². The molecule has 0 atom stereocenters. The summed E-state index contributed by atoms with van der Waals surface area (Å²) in [5.41, 5.74) is 6.13. The highest BCUT2D eigenvalue weighted by molar-refractivity contribution is 5.97. The molecule has 1 heterocycles. The van der Waals surface area contributed by atoms with Crippen molar-refractivity contribution in [3.8, 4) is 0 Å². The first-order chi connectivity index (χ1) is 8.56. The topological polar surface area (TPSA) is 75.4 Å². The maximum Gasteiger partial charge on any atom is 0.244 e. The zero-order valence-corrected chi connectivity index (χ0v) is 9.78. The largest absolute Gasteiger partial charge is 0.397 e. The molecule has 1 saturated heterocycles. The first kappa shape index (κ1) is 12.3. The molecule has 1 aliphatic rings. The number of hydrogen-bond acceptors (Lipinski definition) is 3. The number of nitrogens with two attached hydrogens (primary N) is 1. The monoisotopic (exact) mass is 251 g/mol. The zero-order chi connectivity index (χ0) is 13.1. The molecule has 1 aromatic carbocycles. The molecule has 1 fully saturated rings. The van der Waals surface area contributed by atoms with Gasteiger partial charge in [0.25, 0.3) is 0 Å². The van der Waals surface area contributed by atoms with E-state index in [-0.39, 0.29) is 29.7 Å². The highest BCUT2D eigenvalue weighted by atomic mass is 19.1. The van der Waals surface area contributed by atoms with Crippen molar-refractivity contribution in [2.24, 2.45) is 0 Å². The van der Waals surface area contributed by atoms with Crippen LogP contribution in [-0.2, 0) is 9.59 Å². The number of nitrogens with zero attached hydrogens (tertiary/aromatic N) is 1. The normalized spacial score (nSPS) is 14.9. The van der Waals surface area contributed by atoms with Crippen molar-refractivity contribution in [1.82, 2.24) is 4.90 Å². The van der Waals surface area contributed by atoms with E-state index in [1.165, 1.54) is 17.0 Å². The van der Waals surface area contributed by atoms with E-state index in [9.17, 15) is 14.0 Å². The predicted molar refractivity (Wildman–Crippen MR) is 65.3 cm³/mol. The van der Waals surface area contributed by atoms with Crippen LogP contribution in [0.4, 0.5) is 15.8 Å². The summed E-state index contributed by atoms with van der Waals surface area (Å²) in [6.07, 6.45) is 1.25. The summed E-state index contributed by atoms with van der Waals surface area (Å²) in [4.78, 5) is 24.5. The quantitative estimate of drug-likeness (QED) is 0.786. The third kappa shape index (κ3) is 2.77. The van der Waals surface area contributed by atoms with Gasteiger partial charge < -0.3 is 16.0 Å². The van der Waals surface area contributed by atoms with Gasteiger partial charge in [-0.1, -0.05) is 0 Å². The number of likely N-dealkylation sites (tertiary alicyclic amines) is 1. The summed E-state index contributed by atoms with van der Waals surface area (Å²) in [5.74, 6) is -0.878. The smallest absolute Gasteiger partial charge is 0.244 e. The summed E-state index contributed by atoms with van der Waals surface area (Å²) >= 11 is 0. The first-order valence-electron chi connectivity index (χ1n) is 5.69. The third-order valence-corrected chi connectivity index (χ3v) is 2.80. The molecule has 0 spiro atoms. The SMILES string of the molecule is Nc1ccc(F)cc1NC(=O)CN1CCCC1=O. The van der Waals surface area contributed by atoms with E-state index < -0.39 is 5.82 Å². The molecular weight excluding hydrogens is 237 g/mol. The minimum absolute atomic E-state index is 0.0191. The molecule has 0 aromatic heterocycles. The number of anilines is 2. The fraction of sp³-hybridized carbons (Fsp3) is 0.333. The van der Waals surface area contributed by atoms with Crippen molar-refractivity contribution >= 4 is 23.2 Å². The number of carbonyl (C=O) groups excluding carboxylic acids is 2. The van der Waals surface area contributed by atoms with E-state index in [0.29, 0.717) is 13.0 Å². The Morgan fingerprint density at radius 2 is 2.28 bits per heavy atom. The Bertz CT molecular complexity index is 490. The Kier molecular flexibility index (Phi) is 3.45. The summed E-state index contributed by atoms with van der Waals surface area (Å²) in [6.45, 7) is 0.569. The minimum Gasteiger partial charge on any atom is -0.397 e. The summed E-state index contributed by atoms with van der Waals surface area (Å²) in [6, 6.07) is 3.75. The van der Waals surface area contributed by atoms with E-state index in [2.05, 4.69) is 5.32 Å². The van der Waals surface area contributed by atoms with E-state index >= 15 is 0 Å². The Morgan fingerprint density at radius 3 is 2.94 bits per heavy atom. The lowest BCUT2D eigenvalue weighted by atomic mass is 10.2. The molecule has 1 aromatic rings. The molecule has 2 rings (SSSR count). The molecule has 1 aliphatic heterocycles. The van der Waals surface area contributed by atoms with Gasteiger partial charge in [0.2, 0.25) is 11.8 Å². The second-order valence-electron chi connectivity index (χ2n) is 4.20. The maximum absolute atomic E-state index is 13.0. The van der Waals surface area contributed by atoms with E-state index in [0.717, 1.165) is 12.5 Å². The Balaban J connectivity index is 1.98. The second kappa shape index (κ2) is 5.03. The summed E-state index contributed by atoms with van der Waals surface area (Å²) in [7, 11) is 0. The van der Waals surface area contributed by atoms with Gasteiger partial charge in [-0.2, -0.15) is 0 Å². The summed E-state index contributed by atoms with van der Waals surface area (Å²) < 4.78 is 13.0. The van der Waals surface area contributed by atoms with E-state index in [4.69, 9.17) is 5.73 Å². The van der Waals surface area contributed by atoms with E-state index in [1.807, 2.05) is 0 Å². The maximum atomic E-state index is 13.0. The molecule has 0 bridgehead atoms. The molecule has 0 radical (unpaired) electrons. The molecule has 3 N–H and O–H groups in total. The van der Waals surface area contributed by atoms with Crippen molar-refractivity contribution in [1.29, 1.82) is 0 Å². The van der Waals surface area contributed by atoms with Crippen LogP contribution < -0.4 is 11.1 Å². The van der Waals surface area contributed by atoms with Gasteiger partial charge >= 0.3 is 0 Å². The molecule has 6 heteroatoms. The second-order valence-corrected chi connectivity index (χ2v) is 4.20. The number of halogens is 1. The van der Waals surface area contributed by atoms with Gasteiger partial charge in [0.15, 0.2) is 0 Å². The van der Waals surface area contributed by atoms with Gasteiger partial charge in [0.1, 0.15) is 5.82 Å². The van der Waals surface area contributed by atoms with Crippen LogP contribution in [-0.4, -0.2) is 29.8 Å². The Morgan fingerprint density at radius 1 is 1.50 bits per heavy atom. The van der Waals surface area contributed by atoms with Gasteiger partial charge in [-0.3, -0.25) is 9.59 Å². The van der Waals surface area contributed by atoms with Crippen molar-refractivity contribution < 1.29 is 14.0 Å². The van der Waals surface area contributed by atoms with Gasteiger partial charge in [0, 0.05) is 13.0 Å². The number of carbonyl (C=O) groups is 2. The fourth-order valence-electron chi connectivity index (χ4n) is 1.87. The molecular formula is C12H14FN3O2. The van der Waals surface area contributed by atoms with Gasteiger partial charge in [-0.25, -0.2) is 4.39 Å². The average Bonchev–Trinajstić information content (AvgIpc) is 2.70. The number of nitrogens with one attached hydrogen (secondary N) is 1. The van der Waals surface area contributed by atoms with Crippen LogP contribution in [0.15, 0.2) is 18.2 Å². The average molecular weight is 251 g/mol. The molecule has 0 aliphatic carbocycles.